The molecule has 8 heteroatoms. The standard InChI is InChI=1S/C20H19FN2O5/c1-13(28-16-6-4-15(21)5-7-16)20(25)23-22-19(24)9-3-14-2-8-17-18(12-14)27-11-10-26-17/h2-9,12-13H,10-11H2,1H3,(H,22,24)(H,23,25)/b9-3+/t13-/m0/s1. The largest absolute Gasteiger partial charge is 0.486 e. The first-order chi connectivity index (χ1) is 13.5. The number of fused-ring (bicyclic) bond motifs is 1. The Balaban J connectivity index is 1.47. The van der Waals surface area contributed by atoms with Crippen molar-refractivity contribution in [1.82, 2.24) is 10.9 Å². The molecule has 1 atom stereocenters. The second-order valence-corrected chi connectivity index (χ2v) is 5.93. The summed E-state index contributed by atoms with van der Waals surface area (Å²) in [6.45, 7) is 2.49. The fraction of sp³-hybridized carbons (Fsp3) is 0.200. The third kappa shape index (κ3) is 5.23. The van der Waals surface area contributed by atoms with E-state index in [1.807, 2.05) is 0 Å². The maximum absolute atomic E-state index is 12.9. The Kier molecular flexibility index (Phi) is 6.11. The predicted octanol–water partition coefficient (Wildman–Crippen LogP) is 2.22. The van der Waals surface area contributed by atoms with Crippen LogP contribution in [0.4, 0.5) is 4.39 Å². The number of ether oxygens (including phenoxy) is 3. The zero-order valence-electron chi connectivity index (χ0n) is 15.1. The summed E-state index contributed by atoms with van der Waals surface area (Å²) in [5.41, 5.74) is 5.28. The number of hydrogen-bond acceptors (Lipinski definition) is 5. The van der Waals surface area contributed by atoms with Gasteiger partial charge in [-0.1, -0.05) is 6.07 Å². The summed E-state index contributed by atoms with van der Waals surface area (Å²) in [6.07, 6.45) is 1.97. The molecule has 0 bridgehead atoms. The minimum Gasteiger partial charge on any atom is -0.486 e. The summed E-state index contributed by atoms with van der Waals surface area (Å²) in [6, 6.07) is 10.6. The summed E-state index contributed by atoms with van der Waals surface area (Å²) in [5, 5.41) is 0. The molecule has 2 aromatic rings. The molecule has 0 fully saturated rings. The number of carbonyl (C=O) groups excluding carboxylic acids is 2. The van der Waals surface area contributed by atoms with Gasteiger partial charge in [-0.15, -0.1) is 0 Å². The third-order valence-electron chi connectivity index (χ3n) is 3.80. The van der Waals surface area contributed by atoms with Crippen molar-refractivity contribution in [2.45, 2.75) is 13.0 Å². The van der Waals surface area contributed by atoms with E-state index in [-0.39, 0.29) is 0 Å². The molecule has 3 rings (SSSR count). The van der Waals surface area contributed by atoms with Crippen LogP contribution in [0.15, 0.2) is 48.5 Å². The Morgan fingerprint density at radius 2 is 1.79 bits per heavy atom. The number of amides is 2. The molecule has 0 aromatic heterocycles. The lowest BCUT2D eigenvalue weighted by molar-refractivity contribution is -0.131. The predicted molar refractivity (Wildman–Crippen MR) is 99.2 cm³/mol. The van der Waals surface area contributed by atoms with Crippen LogP contribution in [-0.4, -0.2) is 31.1 Å². The molecule has 1 heterocycles. The van der Waals surface area contributed by atoms with Gasteiger partial charge in [0.05, 0.1) is 0 Å². The molecule has 2 N–H and O–H groups in total. The van der Waals surface area contributed by atoms with Gasteiger partial charge in [-0.25, -0.2) is 4.39 Å². The monoisotopic (exact) mass is 386 g/mol. The molecule has 146 valence electrons. The Morgan fingerprint density at radius 1 is 1.07 bits per heavy atom. The average molecular weight is 386 g/mol. The topological polar surface area (TPSA) is 85.9 Å². The third-order valence-corrected chi connectivity index (χ3v) is 3.80. The van der Waals surface area contributed by atoms with E-state index in [1.54, 1.807) is 24.3 Å². The van der Waals surface area contributed by atoms with Gasteiger partial charge in [0.1, 0.15) is 24.8 Å². The Labute approximate surface area is 161 Å². The van der Waals surface area contributed by atoms with Crippen molar-refractivity contribution in [2.24, 2.45) is 0 Å². The van der Waals surface area contributed by atoms with Gasteiger partial charge in [0.15, 0.2) is 17.6 Å². The van der Waals surface area contributed by atoms with Gasteiger partial charge in [0.2, 0.25) is 0 Å². The quantitative estimate of drug-likeness (QED) is 0.608. The van der Waals surface area contributed by atoms with E-state index in [9.17, 15) is 14.0 Å². The molecule has 0 radical (unpaired) electrons. The van der Waals surface area contributed by atoms with Crippen LogP contribution in [0.5, 0.6) is 17.2 Å². The molecule has 0 unspecified atom stereocenters. The smallest absolute Gasteiger partial charge is 0.279 e. The number of hydrogen-bond donors (Lipinski definition) is 2. The van der Waals surface area contributed by atoms with Crippen molar-refractivity contribution >= 4 is 17.9 Å². The van der Waals surface area contributed by atoms with E-state index in [0.717, 1.165) is 5.56 Å². The van der Waals surface area contributed by atoms with Crippen LogP contribution < -0.4 is 25.1 Å². The van der Waals surface area contributed by atoms with Gasteiger partial charge < -0.3 is 14.2 Å². The number of benzene rings is 2. The van der Waals surface area contributed by atoms with E-state index in [4.69, 9.17) is 14.2 Å². The average Bonchev–Trinajstić information content (AvgIpc) is 2.71. The maximum Gasteiger partial charge on any atom is 0.279 e. The summed E-state index contributed by atoms with van der Waals surface area (Å²) in [4.78, 5) is 23.9. The van der Waals surface area contributed by atoms with Gasteiger partial charge in [-0.2, -0.15) is 0 Å². The molecule has 1 aliphatic rings. The Hall–Kier alpha value is -3.55. The van der Waals surface area contributed by atoms with Crippen LogP contribution in [0.1, 0.15) is 12.5 Å². The highest BCUT2D eigenvalue weighted by atomic mass is 19.1. The van der Waals surface area contributed by atoms with E-state index in [1.165, 1.54) is 37.3 Å². The van der Waals surface area contributed by atoms with Crippen molar-refractivity contribution < 1.29 is 28.2 Å². The van der Waals surface area contributed by atoms with Crippen LogP contribution in [0.2, 0.25) is 0 Å². The van der Waals surface area contributed by atoms with Crippen LogP contribution in [0.25, 0.3) is 6.08 Å². The lowest BCUT2D eigenvalue weighted by atomic mass is 10.2. The van der Waals surface area contributed by atoms with Crippen molar-refractivity contribution in [3.05, 3.63) is 59.9 Å². The molecular formula is C20H19FN2O5. The molecule has 2 aromatic carbocycles. The number of hydrazine groups is 1. The number of halogens is 1. The number of nitrogens with one attached hydrogen (secondary N) is 2. The van der Waals surface area contributed by atoms with Crippen molar-refractivity contribution in [3.63, 3.8) is 0 Å². The van der Waals surface area contributed by atoms with E-state index in [2.05, 4.69) is 10.9 Å². The zero-order valence-corrected chi connectivity index (χ0v) is 15.1. The first-order valence-electron chi connectivity index (χ1n) is 8.61. The first-order valence-corrected chi connectivity index (χ1v) is 8.61. The number of rotatable bonds is 5. The fourth-order valence-corrected chi connectivity index (χ4v) is 2.37. The highest BCUT2D eigenvalue weighted by Crippen LogP contribution is 2.31. The van der Waals surface area contributed by atoms with Crippen molar-refractivity contribution in [1.29, 1.82) is 0 Å². The normalized spacial score (nSPS) is 13.6. The SMILES string of the molecule is C[C@H](Oc1ccc(F)cc1)C(=O)NNC(=O)/C=C/c1ccc2c(c1)OCCO2. The fourth-order valence-electron chi connectivity index (χ4n) is 2.37. The maximum atomic E-state index is 12.9. The molecule has 0 spiro atoms. The van der Waals surface area contributed by atoms with E-state index < -0.39 is 23.7 Å². The first kappa shape index (κ1) is 19.2. The lowest BCUT2D eigenvalue weighted by Crippen LogP contribution is -2.46. The Morgan fingerprint density at radius 3 is 2.54 bits per heavy atom. The van der Waals surface area contributed by atoms with Gasteiger partial charge in [0.25, 0.3) is 11.8 Å². The van der Waals surface area contributed by atoms with E-state index >= 15 is 0 Å². The summed E-state index contributed by atoms with van der Waals surface area (Å²) in [5.74, 6) is 0.155. The molecule has 0 aliphatic carbocycles. The molecule has 0 saturated heterocycles. The minimum atomic E-state index is -0.882. The van der Waals surface area contributed by atoms with Gasteiger partial charge in [0, 0.05) is 6.08 Å². The van der Waals surface area contributed by atoms with Crippen LogP contribution >= 0.6 is 0 Å². The number of carbonyl (C=O) groups is 2. The summed E-state index contributed by atoms with van der Waals surface area (Å²) < 4.78 is 29.2. The lowest BCUT2D eigenvalue weighted by Gasteiger charge is -2.18. The molecule has 28 heavy (non-hydrogen) atoms. The van der Waals surface area contributed by atoms with Crippen molar-refractivity contribution in [2.75, 3.05) is 13.2 Å². The molecule has 1 aliphatic heterocycles. The summed E-state index contributed by atoms with van der Waals surface area (Å²) in [7, 11) is 0. The van der Waals surface area contributed by atoms with Gasteiger partial charge in [-0.05, 0) is 55.0 Å². The molecule has 0 saturated carbocycles. The molecule has 7 nitrogen and oxygen atoms in total. The van der Waals surface area contributed by atoms with Crippen LogP contribution in [-0.2, 0) is 9.59 Å². The Bertz CT molecular complexity index is 883. The summed E-state index contributed by atoms with van der Waals surface area (Å²) >= 11 is 0. The van der Waals surface area contributed by atoms with Crippen molar-refractivity contribution in [3.8, 4) is 17.2 Å². The molecule has 2 amide bonds. The van der Waals surface area contributed by atoms with Crippen LogP contribution in [0, 0.1) is 5.82 Å². The van der Waals surface area contributed by atoms with Gasteiger partial charge in [-0.3, -0.25) is 20.4 Å². The second kappa shape index (κ2) is 8.90. The van der Waals surface area contributed by atoms with Crippen LogP contribution in [0.3, 0.4) is 0 Å². The second-order valence-electron chi connectivity index (χ2n) is 5.93. The highest BCUT2D eigenvalue weighted by molar-refractivity contribution is 5.93. The molecular weight excluding hydrogens is 367 g/mol. The zero-order chi connectivity index (χ0) is 19.9. The van der Waals surface area contributed by atoms with Gasteiger partial charge >= 0.3 is 0 Å². The highest BCUT2D eigenvalue weighted by Gasteiger charge is 2.15. The van der Waals surface area contributed by atoms with E-state index in [0.29, 0.717) is 30.5 Å². The minimum absolute atomic E-state index is 0.342.